The number of carbonyl (C=O) groups excluding carboxylic acids is 1. The van der Waals surface area contributed by atoms with E-state index in [1.165, 1.54) is 30.7 Å². The zero-order valence-electron chi connectivity index (χ0n) is 12.7. The van der Waals surface area contributed by atoms with Crippen LogP contribution in [0.1, 0.15) is 16.2 Å². The smallest absolute Gasteiger partial charge is 0.277 e. The Morgan fingerprint density at radius 2 is 1.92 bits per heavy atom. The van der Waals surface area contributed by atoms with Gasteiger partial charge in [0.25, 0.3) is 5.91 Å². The molecule has 0 aliphatic heterocycles. The molecule has 0 radical (unpaired) electrons. The molecule has 3 heterocycles. The van der Waals surface area contributed by atoms with Crippen LogP contribution >= 0.6 is 0 Å². The summed E-state index contributed by atoms with van der Waals surface area (Å²) in [5.41, 5.74) is 8.10. The number of pyridine rings is 2. The Morgan fingerprint density at radius 1 is 1.08 bits per heavy atom. The van der Waals surface area contributed by atoms with Gasteiger partial charge in [0.1, 0.15) is 5.69 Å². The minimum atomic E-state index is -0.583. The molecule has 0 saturated carbocycles. The number of hydrogen-bond acceptors (Lipinski definition) is 6. The van der Waals surface area contributed by atoms with E-state index in [4.69, 9.17) is 5.73 Å². The van der Waals surface area contributed by atoms with Crippen LogP contribution in [-0.4, -0.2) is 25.8 Å². The summed E-state index contributed by atoms with van der Waals surface area (Å²) in [5, 5.41) is 2.60. The third kappa shape index (κ3) is 3.32. The van der Waals surface area contributed by atoms with E-state index < -0.39 is 11.9 Å². The van der Waals surface area contributed by atoms with Crippen LogP contribution in [-0.2, 0) is 0 Å². The van der Waals surface area contributed by atoms with E-state index >= 15 is 0 Å². The van der Waals surface area contributed by atoms with Gasteiger partial charge in [-0.1, -0.05) is 0 Å². The standard InChI is InChI=1S/C16H13FN6O/c1-9-6-20-13(8-19-9)16(24)23-15-11(18)3-4-12(22-15)10-2-5-14(17)21-7-10/h2-8H,18H2,1H3,(H,22,23,24). The maximum absolute atomic E-state index is 12.9. The first-order chi connectivity index (χ1) is 11.5. The number of nitrogens with two attached hydrogens (primary N) is 1. The molecule has 1 amide bonds. The van der Waals surface area contributed by atoms with Crippen LogP contribution in [0.15, 0.2) is 42.9 Å². The number of anilines is 2. The number of nitrogens with one attached hydrogen (secondary N) is 1. The van der Waals surface area contributed by atoms with Gasteiger partial charge < -0.3 is 11.1 Å². The molecule has 0 spiro atoms. The maximum atomic E-state index is 12.9. The second-order valence-electron chi connectivity index (χ2n) is 5.00. The predicted molar refractivity (Wildman–Crippen MR) is 86.6 cm³/mol. The van der Waals surface area contributed by atoms with Crippen LogP contribution in [0.3, 0.4) is 0 Å². The van der Waals surface area contributed by atoms with Crippen molar-refractivity contribution < 1.29 is 9.18 Å². The summed E-state index contributed by atoms with van der Waals surface area (Å²) in [5.74, 6) is -0.874. The van der Waals surface area contributed by atoms with E-state index in [0.717, 1.165) is 0 Å². The van der Waals surface area contributed by atoms with Crippen molar-refractivity contribution in [2.45, 2.75) is 6.92 Å². The van der Waals surface area contributed by atoms with E-state index in [2.05, 4.69) is 25.3 Å². The first kappa shape index (κ1) is 15.5. The van der Waals surface area contributed by atoms with Crippen LogP contribution in [0, 0.1) is 12.9 Å². The number of hydrogen-bond donors (Lipinski definition) is 2. The van der Waals surface area contributed by atoms with Crippen molar-refractivity contribution in [3.8, 4) is 11.3 Å². The second-order valence-corrected chi connectivity index (χ2v) is 5.00. The number of nitrogen functional groups attached to an aromatic ring is 1. The van der Waals surface area contributed by atoms with Crippen molar-refractivity contribution in [1.29, 1.82) is 0 Å². The fourth-order valence-corrected chi connectivity index (χ4v) is 1.94. The zero-order chi connectivity index (χ0) is 17.1. The van der Waals surface area contributed by atoms with Gasteiger partial charge in [0.2, 0.25) is 5.95 Å². The first-order valence-corrected chi connectivity index (χ1v) is 7.01. The van der Waals surface area contributed by atoms with Gasteiger partial charge in [-0.25, -0.2) is 15.0 Å². The Hall–Kier alpha value is -3.42. The molecule has 3 aromatic rings. The van der Waals surface area contributed by atoms with Crippen LogP contribution in [0.5, 0.6) is 0 Å². The Morgan fingerprint density at radius 3 is 2.58 bits per heavy atom. The first-order valence-electron chi connectivity index (χ1n) is 7.01. The average Bonchev–Trinajstić information content (AvgIpc) is 2.58. The van der Waals surface area contributed by atoms with Crippen LogP contribution in [0.25, 0.3) is 11.3 Å². The number of halogens is 1. The van der Waals surface area contributed by atoms with Crippen molar-refractivity contribution >= 4 is 17.4 Å². The maximum Gasteiger partial charge on any atom is 0.277 e. The normalized spacial score (nSPS) is 10.4. The number of carbonyl (C=O) groups is 1. The van der Waals surface area contributed by atoms with E-state index in [-0.39, 0.29) is 11.5 Å². The Balaban J connectivity index is 1.87. The number of rotatable bonds is 3. The molecule has 0 aromatic carbocycles. The SMILES string of the molecule is Cc1cnc(C(=O)Nc2nc(-c3ccc(F)nc3)ccc2N)cn1. The molecule has 0 aliphatic carbocycles. The van der Waals surface area contributed by atoms with Gasteiger partial charge in [0.15, 0.2) is 5.82 Å². The Kier molecular flexibility index (Phi) is 4.11. The molecule has 0 bridgehead atoms. The van der Waals surface area contributed by atoms with Gasteiger partial charge in [-0.3, -0.25) is 9.78 Å². The molecular formula is C16H13FN6O. The van der Waals surface area contributed by atoms with Gasteiger partial charge in [-0.2, -0.15) is 4.39 Å². The molecule has 120 valence electrons. The number of nitrogens with zero attached hydrogens (tertiary/aromatic N) is 4. The molecule has 3 rings (SSSR count). The van der Waals surface area contributed by atoms with Crippen LogP contribution < -0.4 is 11.1 Å². The highest BCUT2D eigenvalue weighted by Crippen LogP contribution is 2.23. The third-order valence-corrected chi connectivity index (χ3v) is 3.20. The summed E-state index contributed by atoms with van der Waals surface area (Å²) in [6.45, 7) is 1.77. The summed E-state index contributed by atoms with van der Waals surface area (Å²) >= 11 is 0. The van der Waals surface area contributed by atoms with Crippen molar-refractivity contribution in [2.75, 3.05) is 11.1 Å². The molecule has 0 unspecified atom stereocenters. The lowest BCUT2D eigenvalue weighted by Gasteiger charge is -2.09. The number of amides is 1. The van der Waals surface area contributed by atoms with Crippen LogP contribution in [0.2, 0.25) is 0 Å². The lowest BCUT2D eigenvalue weighted by atomic mass is 10.2. The topological polar surface area (TPSA) is 107 Å². The summed E-state index contributed by atoms with van der Waals surface area (Å²) in [6, 6.07) is 6.03. The Labute approximate surface area is 136 Å². The van der Waals surface area contributed by atoms with Crippen molar-refractivity contribution in [3.05, 3.63) is 60.2 Å². The lowest BCUT2D eigenvalue weighted by molar-refractivity contribution is 0.102. The molecular weight excluding hydrogens is 311 g/mol. The molecule has 0 saturated heterocycles. The van der Waals surface area contributed by atoms with E-state index in [0.29, 0.717) is 22.6 Å². The lowest BCUT2D eigenvalue weighted by Crippen LogP contribution is -2.16. The molecule has 0 atom stereocenters. The molecule has 3 N–H and O–H groups in total. The fourth-order valence-electron chi connectivity index (χ4n) is 1.94. The highest BCUT2D eigenvalue weighted by atomic mass is 19.1. The van der Waals surface area contributed by atoms with Crippen molar-refractivity contribution in [1.82, 2.24) is 19.9 Å². The highest BCUT2D eigenvalue weighted by Gasteiger charge is 2.12. The number of aryl methyl sites for hydroxylation is 1. The average molecular weight is 324 g/mol. The summed E-state index contributed by atoms with van der Waals surface area (Å²) in [4.78, 5) is 28.1. The zero-order valence-corrected chi connectivity index (χ0v) is 12.7. The summed E-state index contributed by atoms with van der Waals surface area (Å²) < 4.78 is 12.9. The van der Waals surface area contributed by atoms with Gasteiger partial charge >= 0.3 is 0 Å². The molecule has 0 fully saturated rings. The van der Waals surface area contributed by atoms with Crippen molar-refractivity contribution in [3.63, 3.8) is 0 Å². The van der Waals surface area contributed by atoms with E-state index in [9.17, 15) is 9.18 Å². The van der Waals surface area contributed by atoms with Gasteiger partial charge in [0, 0.05) is 18.0 Å². The Bertz CT molecular complexity index is 880. The van der Waals surface area contributed by atoms with E-state index in [1.54, 1.807) is 19.1 Å². The van der Waals surface area contributed by atoms with Gasteiger partial charge in [0.05, 0.1) is 23.3 Å². The van der Waals surface area contributed by atoms with Gasteiger partial charge in [-0.05, 0) is 31.2 Å². The highest BCUT2D eigenvalue weighted by molar-refractivity contribution is 6.03. The molecule has 24 heavy (non-hydrogen) atoms. The summed E-state index contributed by atoms with van der Waals surface area (Å²) in [7, 11) is 0. The molecule has 0 aliphatic rings. The van der Waals surface area contributed by atoms with Gasteiger partial charge in [-0.15, -0.1) is 0 Å². The van der Waals surface area contributed by atoms with E-state index in [1.807, 2.05) is 0 Å². The van der Waals surface area contributed by atoms with Crippen LogP contribution in [0.4, 0.5) is 15.9 Å². The minimum Gasteiger partial charge on any atom is -0.396 e. The third-order valence-electron chi connectivity index (χ3n) is 3.20. The van der Waals surface area contributed by atoms with Crippen molar-refractivity contribution in [2.24, 2.45) is 0 Å². The number of aromatic nitrogens is 4. The largest absolute Gasteiger partial charge is 0.396 e. The quantitative estimate of drug-likeness (QED) is 0.715. The second kappa shape index (κ2) is 6.37. The summed E-state index contributed by atoms with van der Waals surface area (Å²) in [6.07, 6.45) is 4.21. The molecule has 7 nitrogen and oxygen atoms in total. The minimum absolute atomic E-state index is 0.149. The molecule has 3 aromatic heterocycles. The molecule has 8 heteroatoms. The fraction of sp³-hybridized carbons (Fsp3) is 0.0625. The predicted octanol–water partition coefficient (Wildman–Crippen LogP) is 2.22. The monoisotopic (exact) mass is 324 g/mol.